The van der Waals surface area contributed by atoms with Crippen LogP contribution in [0.5, 0.6) is 11.5 Å². The zero-order valence-corrected chi connectivity index (χ0v) is 13.0. The van der Waals surface area contributed by atoms with Crippen molar-refractivity contribution in [2.45, 2.75) is 26.7 Å². The van der Waals surface area contributed by atoms with Gasteiger partial charge in [-0.2, -0.15) is 0 Å². The Morgan fingerprint density at radius 2 is 1.77 bits per heavy atom. The number of hydrogen-bond donors (Lipinski definition) is 2. The van der Waals surface area contributed by atoms with Crippen molar-refractivity contribution in [3.05, 3.63) is 47.0 Å². The summed E-state index contributed by atoms with van der Waals surface area (Å²) in [5.41, 5.74) is 2.49. The topological polar surface area (TPSA) is 66.8 Å². The predicted molar refractivity (Wildman–Crippen MR) is 85.3 cm³/mol. The van der Waals surface area contributed by atoms with E-state index in [1.54, 1.807) is 19.1 Å². The number of methoxy groups -OCH3 is 1. The molecule has 0 saturated heterocycles. The Bertz CT molecular complexity index is 690. The van der Waals surface area contributed by atoms with E-state index in [0.29, 0.717) is 34.2 Å². The van der Waals surface area contributed by atoms with Crippen molar-refractivity contribution < 1.29 is 19.7 Å². The summed E-state index contributed by atoms with van der Waals surface area (Å²) in [5.74, 6) is -0.962. The largest absolute Gasteiger partial charge is 0.504 e. The lowest BCUT2D eigenvalue weighted by Gasteiger charge is -2.18. The van der Waals surface area contributed by atoms with Crippen molar-refractivity contribution in [2.24, 2.45) is 0 Å². The standard InChI is InChI=1S/C18H20O4/c1-4-8-13-11(2)14(18(21)22-3)15(17(20)16(13)19)12-9-6-5-7-10-12/h5-7,9-10,19-20H,4,8H2,1-3H3. The Morgan fingerprint density at radius 3 is 2.32 bits per heavy atom. The van der Waals surface area contributed by atoms with Crippen molar-refractivity contribution in [1.29, 1.82) is 0 Å². The van der Waals surface area contributed by atoms with Crippen LogP contribution >= 0.6 is 0 Å². The zero-order valence-electron chi connectivity index (χ0n) is 13.0. The highest BCUT2D eigenvalue weighted by Gasteiger charge is 2.26. The summed E-state index contributed by atoms with van der Waals surface area (Å²) in [6.07, 6.45) is 1.36. The molecule has 0 heterocycles. The summed E-state index contributed by atoms with van der Waals surface area (Å²) in [6, 6.07) is 9.01. The summed E-state index contributed by atoms with van der Waals surface area (Å²) in [4.78, 5) is 12.2. The molecule has 0 bridgehead atoms. The van der Waals surface area contributed by atoms with Gasteiger partial charge in [-0.05, 0) is 24.5 Å². The van der Waals surface area contributed by atoms with Crippen molar-refractivity contribution in [3.8, 4) is 22.6 Å². The fourth-order valence-electron chi connectivity index (χ4n) is 2.69. The Balaban J connectivity index is 2.85. The average Bonchev–Trinajstić information content (AvgIpc) is 2.54. The molecular weight excluding hydrogens is 280 g/mol. The number of aromatic hydroxyl groups is 2. The molecule has 2 aromatic carbocycles. The molecule has 0 aromatic heterocycles. The lowest BCUT2D eigenvalue weighted by molar-refractivity contribution is 0.0600. The normalized spacial score (nSPS) is 10.5. The molecule has 0 unspecified atom stereocenters. The minimum Gasteiger partial charge on any atom is -0.504 e. The van der Waals surface area contributed by atoms with Gasteiger partial charge in [0.15, 0.2) is 11.5 Å². The highest BCUT2D eigenvalue weighted by atomic mass is 16.5. The molecule has 2 N–H and O–H groups in total. The molecule has 22 heavy (non-hydrogen) atoms. The van der Waals surface area contributed by atoms with Crippen LogP contribution in [-0.2, 0) is 11.2 Å². The summed E-state index contributed by atoms with van der Waals surface area (Å²) >= 11 is 0. The Kier molecular flexibility index (Phi) is 4.71. The van der Waals surface area contributed by atoms with Crippen LogP contribution in [0.15, 0.2) is 30.3 Å². The molecule has 0 fully saturated rings. The Labute approximate surface area is 130 Å². The van der Waals surface area contributed by atoms with E-state index in [1.807, 2.05) is 25.1 Å². The lowest BCUT2D eigenvalue weighted by Crippen LogP contribution is -2.09. The number of esters is 1. The van der Waals surface area contributed by atoms with Gasteiger partial charge in [0.1, 0.15) is 0 Å². The lowest BCUT2D eigenvalue weighted by atomic mass is 9.89. The Hall–Kier alpha value is -2.49. The van der Waals surface area contributed by atoms with E-state index in [4.69, 9.17) is 4.74 Å². The number of hydrogen-bond acceptors (Lipinski definition) is 4. The van der Waals surface area contributed by atoms with Crippen LogP contribution in [0.4, 0.5) is 0 Å². The molecule has 0 radical (unpaired) electrons. The van der Waals surface area contributed by atoms with Gasteiger partial charge in [-0.1, -0.05) is 43.7 Å². The van der Waals surface area contributed by atoms with E-state index in [1.165, 1.54) is 7.11 Å². The second kappa shape index (κ2) is 6.52. The molecule has 4 heteroatoms. The molecule has 0 saturated carbocycles. The summed E-state index contributed by atoms with van der Waals surface area (Å²) in [7, 11) is 1.31. The molecule has 0 aliphatic heterocycles. The molecular formula is C18H20O4. The van der Waals surface area contributed by atoms with Gasteiger partial charge in [-0.15, -0.1) is 0 Å². The first kappa shape index (κ1) is 15.9. The quantitative estimate of drug-likeness (QED) is 0.665. The van der Waals surface area contributed by atoms with Crippen LogP contribution in [0, 0.1) is 6.92 Å². The van der Waals surface area contributed by atoms with Gasteiger partial charge in [-0.3, -0.25) is 0 Å². The van der Waals surface area contributed by atoms with Gasteiger partial charge >= 0.3 is 5.97 Å². The third kappa shape index (κ3) is 2.64. The number of rotatable bonds is 4. The van der Waals surface area contributed by atoms with E-state index in [2.05, 4.69) is 0 Å². The highest BCUT2D eigenvalue weighted by Crippen LogP contribution is 2.44. The molecule has 0 spiro atoms. The smallest absolute Gasteiger partial charge is 0.338 e. The van der Waals surface area contributed by atoms with Crippen LogP contribution in [0.25, 0.3) is 11.1 Å². The van der Waals surface area contributed by atoms with E-state index in [9.17, 15) is 15.0 Å². The third-order valence-electron chi connectivity index (χ3n) is 3.78. The maximum atomic E-state index is 12.2. The minimum absolute atomic E-state index is 0.161. The summed E-state index contributed by atoms with van der Waals surface area (Å²) in [5, 5.41) is 20.8. The Morgan fingerprint density at radius 1 is 1.14 bits per heavy atom. The van der Waals surface area contributed by atoms with E-state index < -0.39 is 5.97 Å². The highest BCUT2D eigenvalue weighted by molar-refractivity contribution is 6.02. The molecule has 0 atom stereocenters. The fraction of sp³-hybridized carbons (Fsp3) is 0.278. The second-order valence-corrected chi connectivity index (χ2v) is 5.16. The maximum absolute atomic E-state index is 12.2. The SMILES string of the molecule is CCCc1c(C)c(C(=O)OC)c(-c2ccccc2)c(O)c1O. The fourth-order valence-corrected chi connectivity index (χ4v) is 2.69. The zero-order chi connectivity index (χ0) is 16.3. The first-order valence-electron chi connectivity index (χ1n) is 7.24. The minimum atomic E-state index is -0.524. The van der Waals surface area contributed by atoms with Gasteiger partial charge in [0.05, 0.1) is 12.7 Å². The number of ether oxygens (including phenoxy) is 1. The molecule has 2 rings (SSSR count). The van der Waals surface area contributed by atoms with Crippen molar-refractivity contribution in [3.63, 3.8) is 0 Å². The molecule has 0 aliphatic rings. The maximum Gasteiger partial charge on any atom is 0.338 e. The third-order valence-corrected chi connectivity index (χ3v) is 3.78. The van der Waals surface area contributed by atoms with Crippen LogP contribution < -0.4 is 0 Å². The molecule has 2 aromatic rings. The number of carbonyl (C=O) groups excluding carboxylic acids is 1. The van der Waals surface area contributed by atoms with Gasteiger partial charge < -0.3 is 14.9 Å². The van der Waals surface area contributed by atoms with Crippen LogP contribution in [-0.4, -0.2) is 23.3 Å². The van der Waals surface area contributed by atoms with Gasteiger partial charge in [0, 0.05) is 11.1 Å². The van der Waals surface area contributed by atoms with Crippen LogP contribution in [0.1, 0.15) is 34.8 Å². The van der Waals surface area contributed by atoms with Crippen molar-refractivity contribution in [1.82, 2.24) is 0 Å². The van der Waals surface area contributed by atoms with E-state index in [0.717, 1.165) is 6.42 Å². The van der Waals surface area contributed by atoms with Gasteiger partial charge in [-0.25, -0.2) is 4.79 Å². The van der Waals surface area contributed by atoms with E-state index >= 15 is 0 Å². The summed E-state index contributed by atoms with van der Waals surface area (Å²) in [6.45, 7) is 3.74. The average molecular weight is 300 g/mol. The molecule has 0 aliphatic carbocycles. The molecule has 4 nitrogen and oxygen atoms in total. The first-order valence-corrected chi connectivity index (χ1v) is 7.24. The number of benzene rings is 2. The van der Waals surface area contributed by atoms with Crippen molar-refractivity contribution >= 4 is 5.97 Å². The van der Waals surface area contributed by atoms with Gasteiger partial charge in [0.25, 0.3) is 0 Å². The van der Waals surface area contributed by atoms with Crippen LogP contribution in [0.3, 0.4) is 0 Å². The second-order valence-electron chi connectivity index (χ2n) is 5.16. The van der Waals surface area contributed by atoms with Crippen molar-refractivity contribution in [2.75, 3.05) is 7.11 Å². The van der Waals surface area contributed by atoms with E-state index in [-0.39, 0.29) is 11.5 Å². The van der Waals surface area contributed by atoms with Gasteiger partial charge in [0.2, 0.25) is 0 Å². The number of phenols is 2. The first-order chi connectivity index (χ1) is 10.5. The number of carbonyl (C=O) groups is 1. The predicted octanol–water partition coefficient (Wildman–Crippen LogP) is 3.81. The molecule has 116 valence electrons. The molecule has 0 amide bonds. The summed E-state index contributed by atoms with van der Waals surface area (Å²) < 4.78 is 4.88. The number of phenolic OH excluding ortho intramolecular Hbond substituents is 2. The monoisotopic (exact) mass is 300 g/mol. The van der Waals surface area contributed by atoms with Crippen LogP contribution in [0.2, 0.25) is 0 Å².